The van der Waals surface area contributed by atoms with Gasteiger partial charge in [0.05, 0.1) is 12.2 Å². The maximum absolute atomic E-state index is 5.78. The molecule has 0 fully saturated rings. The quantitative estimate of drug-likeness (QED) is 0.371. The number of hydrogen-bond donors (Lipinski definition) is 0. The number of hydrogen-bond acceptors (Lipinski definition) is 2. The molecule has 0 N–H and O–H groups in total. The zero-order valence-electron chi connectivity index (χ0n) is 15.7. The van der Waals surface area contributed by atoms with Crippen LogP contribution in [0.5, 0.6) is 5.75 Å². The van der Waals surface area contributed by atoms with Gasteiger partial charge < -0.3 is 9.47 Å². The summed E-state index contributed by atoms with van der Waals surface area (Å²) >= 11 is 0. The molecule has 0 radical (unpaired) electrons. The molecule has 0 aliphatic heterocycles. The second-order valence-electron chi connectivity index (χ2n) is 6.73. The van der Waals surface area contributed by atoms with Crippen molar-refractivity contribution in [3.63, 3.8) is 0 Å². The van der Waals surface area contributed by atoms with E-state index in [9.17, 15) is 0 Å². The molecule has 130 valence electrons. The van der Waals surface area contributed by atoms with E-state index in [1.165, 1.54) is 17.6 Å². The fraction of sp³-hybridized carbons (Fsp3) is 0.619. The number of aryl methyl sites for hydroxylation is 1. The van der Waals surface area contributed by atoms with E-state index in [0.29, 0.717) is 0 Å². The van der Waals surface area contributed by atoms with Crippen molar-refractivity contribution in [3.8, 4) is 5.75 Å². The molecule has 0 saturated carbocycles. The Balaban J connectivity index is 2.20. The lowest BCUT2D eigenvalue weighted by molar-refractivity contribution is -0.0173. The molecule has 1 aromatic carbocycles. The summed E-state index contributed by atoms with van der Waals surface area (Å²) in [7, 11) is 0. The first-order valence-electron chi connectivity index (χ1n) is 8.98. The Morgan fingerprint density at radius 3 is 2.43 bits per heavy atom. The van der Waals surface area contributed by atoms with Gasteiger partial charge in [-0.15, -0.1) is 0 Å². The average Bonchev–Trinajstić information content (AvgIpc) is 2.52. The molecule has 1 aromatic rings. The Bertz CT molecular complexity index is 457. The van der Waals surface area contributed by atoms with Gasteiger partial charge in [0.2, 0.25) is 0 Å². The predicted octanol–water partition coefficient (Wildman–Crippen LogP) is 5.95. The zero-order chi connectivity index (χ0) is 17.1. The van der Waals surface area contributed by atoms with Crippen LogP contribution in [-0.2, 0) is 11.2 Å². The first kappa shape index (κ1) is 19.8. The molecule has 2 heteroatoms. The molecule has 0 aliphatic rings. The molecule has 0 amide bonds. The third kappa shape index (κ3) is 8.80. The lowest BCUT2D eigenvalue weighted by Crippen LogP contribution is -2.24. The van der Waals surface area contributed by atoms with Crippen LogP contribution < -0.4 is 4.74 Å². The van der Waals surface area contributed by atoms with Gasteiger partial charge >= 0.3 is 0 Å². The molecule has 0 unspecified atom stereocenters. The Morgan fingerprint density at radius 2 is 1.83 bits per heavy atom. The molecule has 0 aromatic heterocycles. The minimum Gasteiger partial charge on any atom is -0.493 e. The van der Waals surface area contributed by atoms with E-state index >= 15 is 0 Å². The smallest absolute Gasteiger partial charge is 0.119 e. The van der Waals surface area contributed by atoms with Gasteiger partial charge in [-0.25, -0.2) is 0 Å². The van der Waals surface area contributed by atoms with Gasteiger partial charge in [-0.1, -0.05) is 30.7 Å². The first-order chi connectivity index (χ1) is 11.0. The Morgan fingerprint density at radius 1 is 1.13 bits per heavy atom. The molecule has 0 atom stereocenters. The highest BCUT2D eigenvalue weighted by molar-refractivity contribution is 5.27. The molecular formula is C21H34O2. The van der Waals surface area contributed by atoms with Crippen molar-refractivity contribution in [1.29, 1.82) is 0 Å². The molecule has 0 aliphatic carbocycles. The highest BCUT2D eigenvalue weighted by Crippen LogP contribution is 2.20. The summed E-state index contributed by atoms with van der Waals surface area (Å²) < 4.78 is 11.5. The van der Waals surface area contributed by atoms with Crippen LogP contribution in [-0.4, -0.2) is 18.8 Å². The molecule has 0 saturated heterocycles. The predicted molar refractivity (Wildman–Crippen MR) is 99.2 cm³/mol. The van der Waals surface area contributed by atoms with E-state index in [-0.39, 0.29) is 5.60 Å². The van der Waals surface area contributed by atoms with Crippen LogP contribution in [0.3, 0.4) is 0 Å². The summed E-state index contributed by atoms with van der Waals surface area (Å²) in [5.74, 6) is 0.965. The summed E-state index contributed by atoms with van der Waals surface area (Å²) in [5, 5.41) is 0. The zero-order valence-corrected chi connectivity index (χ0v) is 15.7. The summed E-state index contributed by atoms with van der Waals surface area (Å²) in [5.41, 5.74) is 2.80. The lowest BCUT2D eigenvalue weighted by atomic mass is 9.99. The maximum Gasteiger partial charge on any atom is 0.119 e. The largest absolute Gasteiger partial charge is 0.493 e. The molecule has 23 heavy (non-hydrogen) atoms. The van der Waals surface area contributed by atoms with Crippen molar-refractivity contribution in [2.45, 2.75) is 72.3 Å². The van der Waals surface area contributed by atoms with Gasteiger partial charge in [0.15, 0.2) is 0 Å². The van der Waals surface area contributed by atoms with E-state index in [2.05, 4.69) is 65.0 Å². The first-order valence-corrected chi connectivity index (χ1v) is 8.98. The van der Waals surface area contributed by atoms with Crippen molar-refractivity contribution in [1.82, 2.24) is 0 Å². The fourth-order valence-corrected chi connectivity index (χ4v) is 2.66. The average molecular weight is 319 g/mol. The summed E-state index contributed by atoms with van der Waals surface area (Å²) in [6.45, 7) is 12.3. The maximum atomic E-state index is 5.78. The molecule has 1 rings (SSSR count). The Hall–Kier alpha value is -1.28. The summed E-state index contributed by atoms with van der Waals surface area (Å²) in [6, 6.07) is 8.39. The highest BCUT2D eigenvalue weighted by Gasteiger charge is 2.16. The van der Waals surface area contributed by atoms with Crippen LogP contribution in [0.4, 0.5) is 0 Å². The van der Waals surface area contributed by atoms with Crippen molar-refractivity contribution in [3.05, 3.63) is 41.5 Å². The van der Waals surface area contributed by atoms with Crippen LogP contribution in [0, 0.1) is 0 Å². The van der Waals surface area contributed by atoms with Gasteiger partial charge in [0.1, 0.15) is 5.75 Å². The topological polar surface area (TPSA) is 18.5 Å². The van der Waals surface area contributed by atoms with E-state index < -0.39 is 0 Å². The second kappa shape index (κ2) is 10.5. The molecule has 0 bridgehead atoms. The number of allylic oxidation sites excluding steroid dienone is 1. The monoisotopic (exact) mass is 318 g/mol. The van der Waals surface area contributed by atoms with Crippen molar-refractivity contribution in [2.75, 3.05) is 13.2 Å². The third-order valence-electron chi connectivity index (χ3n) is 4.10. The van der Waals surface area contributed by atoms with Crippen LogP contribution >= 0.6 is 0 Å². The summed E-state index contributed by atoms with van der Waals surface area (Å²) in [6.07, 6.45) is 7.76. The minimum atomic E-state index is 0.00277. The van der Waals surface area contributed by atoms with Gasteiger partial charge in [-0.3, -0.25) is 0 Å². The number of rotatable bonds is 11. The highest BCUT2D eigenvalue weighted by atomic mass is 16.5. The van der Waals surface area contributed by atoms with Gasteiger partial charge in [-0.2, -0.15) is 0 Å². The fourth-order valence-electron chi connectivity index (χ4n) is 2.66. The number of benzene rings is 1. The van der Waals surface area contributed by atoms with Crippen LogP contribution in [0.15, 0.2) is 35.9 Å². The SMILES string of the molecule is CCOC(C)(C)CCCC(C)=CCCOc1ccc(CC)cc1. The number of ether oxygens (including phenoxy) is 2. The van der Waals surface area contributed by atoms with Crippen molar-refractivity contribution < 1.29 is 9.47 Å². The Labute approximate surface area is 142 Å². The van der Waals surface area contributed by atoms with Gasteiger partial charge in [0, 0.05) is 6.61 Å². The standard InChI is InChI=1S/C21H34O2/c1-6-19-12-14-20(15-13-19)22-17-9-11-18(3)10-8-16-21(4,5)23-7-2/h11-15H,6-10,16-17H2,1-5H3. The summed E-state index contributed by atoms with van der Waals surface area (Å²) in [4.78, 5) is 0. The third-order valence-corrected chi connectivity index (χ3v) is 4.10. The van der Waals surface area contributed by atoms with E-state index in [0.717, 1.165) is 44.6 Å². The lowest BCUT2D eigenvalue weighted by Gasteiger charge is -2.24. The molecule has 0 heterocycles. The van der Waals surface area contributed by atoms with Crippen LogP contribution in [0.2, 0.25) is 0 Å². The molecule has 2 nitrogen and oxygen atoms in total. The normalized spacial score (nSPS) is 12.5. The Kier molecular flexibility index (Phi) is 9.01. The van der Waals surface area contributed by atoms with E-state index in [1.807, 2.05) is 0 Å². The van der Waals surface area contributed by atoms with Crippen LogP contribution in [0.25, 0.3) is 0 Å². The van der Waals surface area contributed by atoms with Crippen LogP contribution in [0.1, 0.15) is 65.9 Å². The van der Waals surface area contributed by atoms with Gasteiger partial charge in [-0.05, 0) is 77.5 Å². The molecule has 0 spiro atoms. The minimum absolute atomic E-state index is 0.00277. The molecular weight excluding hydrogens is 284 g/mol. The van der Waals surface area contributed by atoms with E-state index in [4.69, 9.17) is 9.47 Å². The van der Waals surface area contributed by atoms with Crippen molar-refractivity contribution >= 4 is 0 Å². The van der Waals surface area contributed by atoms with E-state index in [1.54, 1.807) is 0 Å². The second-order valence-corrected chi connectivity index (χ2v) is 6.73. The van der Waals surface area contributed by atoms with Crippen molar-refractivity contribution in [2.24, 2.45) is 0 Å². The van der Waals surface area contributed by atoms with Gasteiger partial charge in [0.25, 0.3) is 0 Å².